The fourth-order valence-electron chi connectivity index (χ4n) is 2.43. The Morgan fingerprint density at radius 3 is 2.45 bits per heavy atom. The molecule has 0 saturated carbocycles. The van der Waals surface area contributed by atoms with Gasteiger partial charge in [0.2, 0.25) is 0 Å². The first kappa shape index (κ1) is 14.8. The predicted octanol–water partition coefficient (Wildman–Crippen LogP) is 4.13. The number of hydrogen-bond donors (Lipinski definition) is 1. The maximum absolute atomic E-state index is 5.88. The third-order valence-corrected chi connectivity index (χ3v) is 4.12. The fourth-order valence-corrected chi connectivity index (χ4v) is 2.43. The smallest absolute Gasteiger partial charge is 0.00191 e. The number of hydrogen-bond acceptors (Lipinski definition) is 1. The summed E-state index contributed by atoms with van der Waals surface area (Å²) in [5, 5.41) is 0. The molecule has 1 heteroatoms. The molecule has 0 heterocycles. The summed E-state index contributed by atoms with van der Waals surface area (Å²) in [6.45, 7) is 9.40. The van der Waals surface area contributed by atoms with Crippen LogP contribution in [-0.4, -0.2) is 6.54 Å². The molecule has 106 valence electrons. The minimum absolute atomic E-state index is 0.0393. The average Bonchev–Trinajstić information content (AvgIpc) is 2.43. The van der Waals surface area contributed by atoms with Gasteiger partial charge in [0.05, 0.1) is 0 Å². The van der Waals surface area contributed by atoms with Crippen molar-refractivity contribution in [3.05, 3.63) is 70.3 Å². The lowest BCUT2D eigenvalue weighted by molar-refractivity contribution is 0.538. The topological polar surface area (TPSA) is 26.0 Å². The van der Waals surface area contributed by atoms with Crippen LogP contribution in [0.25, 0.3) is 0 Å². The van der Waals surface area contributed by atoms with E-state index >= 15 is 0 Å². The first-order valence-electron chi connectivity index (χ1n) is 7.28. The SMILES string of the molecule is Cc1ccc(C)c(Cc2cccc(C(C)(C)CN)c2)c1. The summed E-state index contributed by atoms with van der Waals surface area (Å²) in [6, 6.07) is 15.5. The Hall–Kier alpha value is -1.60. The zero-order chi connectivity index (χ0) is 14.8. The van der Waals surface area contributed by atoms with Crippen molar-refractivity contribution in [2.75, 3.05) is 6.54 Å². The molecule has 20 heavy (non-hydrogen) atoms. The quantitative estimate of drug-likeness (QED) is 0.885. The minimum atomic E-state index is 0.0393. The minimum Gasteiger partial charge on any atom is -0.330 e. The van der Waals surface area contributed by atoms with Crippen molar-refractivity contribution in [1.82, 2.24) is 0 Å². The second-order valence-corrected chi connectivity index (χ2v) is 6.40. The number of benzene rings is 2. The van der Waals surface area contributed by atoms with Crippen LogP contribution in [0.4, 0.5) is 0 Å². The molecule has 0 aliphatic rings. The highest BCUT2D eigenvalue weighted by molar-refractivity contribution is 5.37. The molecule has 1 nitrogen and oxygen atoms in total. The second kappa shape index (κ2) is 5.80. The van der Waals surface area contributed by atoms with Gasteiger partial charge in [-0.3, -0.25) is 0 Å². The Morgan fingerprint density at radius 1 is 1.00 bits per heavy atom. The molecule has 0 fully saturated rings. The highest BCUT2D eigenvalue weighted by Crippen LogP contribution is 2.24. The van der Waals surface area contributed by atoms with E-state index in [2.05, 4.69) is 70.2 Å². The van der Waals surface area contributed by atoms with Gasteiger partial charge in [-0.1, -0.05) is 61.9 Å². The van der Waals surface area contributed by atoms with Gasteiger partial charge in [-0.25, -0.2) is 0 Å². The molecule has 2 rings (SSSR count). The van der Waals surface area contributed by atoms with Crippen LogP contribution in [-0.2, 0) is 11.8 Å². The van der Waals surface area contributed by atoms with E-state index in [1.807, 2.05) is 0 Å². The molecule has 0 unspecified atom stereocenters. The van der Waals surface area contributed by atoms with Crippen LogP contribution < -0.4 is 5.73 Å². The highest BCUT2D eigenvalue weighted by atomic mass is 14.6. The standard InChI is InChI=1S/C19H25N/c1-14-8-9-15(2)17(10-14)11-16-6-5-7-18(12-16)19(3,4)13-20/h5-10,12H,11,13,20H2,1-4H3. The molecule has 2 aromatic rings. The van der Waals surface area contributed by atoms with Crippen molar-refractivity contribution >= 4 is 0 Å². The van der Waals surface area contributed by atoms with E-state index in [1.54, 1.807) is 0 Å². The Morgan fingerprint density at radius 2 is 1.75 bits per heavy atom. The van der Waals surface area contributed by atoms with Gasteiger partial charge in [0.15, 0.2) is 0 Å². The largest absolute Gasteiger partial charge is 0.330 e. The van der Waals surface area contributed by atoms with Crippen LogP contribution in [0.15, 0.2) is 42.5 Å². The van der Waals surface area contributed by atoms with Crippen molar-refractivity contribution in [3.63, 3.8) is 0 Å². The Labute approximate surface area is 122 Å². The maximum Gasteiger partial charge on any atom is 0.00191 e. The van der Waals surface area contributed by atoms with Crippen molar-refractivity contribution < 1.29 is 0 Å². The molecule has 0 aliphatic heterocycles. The molecule has 0 saturated heterocycles. The summed E-state index contributed by atoms with van der Waals surface area (Å²) in [5.74, 6) is 0. The summed E-state index contributed by atoms with van der Waals surface area (Å²) in [6.07, 6.45) is 0.988. The molecule has 0 aliphatic carbocycles. The van der Waals surface area contributed by atoms with Crippen LogP contribution in [0, 0.1) is 13.8 Å². The van der Waals surface area contributed by atoms with Crippen molar-refractivity contribution in [2.24, 2.45) is 5.73 Å². The van der Waals surface area contributed by atoms with Crippen LogP contribution in [0.5, 0.6) is 0 Å². The first-order chi connectivity index (χ1) is 9.42. The van der Waals surface area contributed by atoms with E-state index in [4.69, 9.17) is 5.73 Å². The van der Waals surface area contributed by atoms with Crippen molar-refractivity contribution in [2.45, 2.75) is 39.5 Å². The zero-order valence-electron chi connectivity index (χ0n) is 13.0. The summed E-state index contributed by atoms with van der Waals surface area (Å²) in [4.78, 5) is 0. The van der Waals surface area contributed by atoms with E-state index in [0.717, 1.165) is 6.42 Å². The lowest BCUT2D eigenvalue weighted by Crippen LogP contribution is -2.28. The highest BCUT2D eigenvalue weighted by Gasteiger charge is 2.18. The van der Waals surface area contributed by atoms with E-state index < -0.39 is 0 Å². The zero-order valence-corrected chi connectivity index (χ0v) is 13.0. The summed E-state index contributed by atoms with van der Waals surface area (Å²) in [5.41, 5.74) is 12.7. The number of rotatable bonds is 4. The fraction of sp³-hybridized carbons (Fsp3) is 0.368. The molecular weight excluding hydrogens is 242 g/mol. The van der Waals surface area contributed by atoms with Crippen LogP contribution in [0.3, 0.4) is 0 Å². The molecule has 0 spiro atoms. The van der Waals surface area contributed by atoms with Gasteiger partial charge in [0, 0.05) is 12.0 Å². The monoisotopic (exact) mass is 267 g/mol. The van der Waals surface area contributed by atoms with Gasteiger partial charge in [0.25, 0.3) is 0 Å². The van der Waals surface area contributed by atoms with E-state index in [-0.39, 0.29) is 5.41 Å². The van der Waals surface area contributed by atoms with Crippen LogP contribution in [0.2, 0.25) is 0 Å². The maximum atomic E-state index is 5.88. The van der Waals surface area contributed by atoms with Crippen LogP contribution in [0.1, 0.15) is 41.7 Å². The first-order valence-corrected chi connectivity index (χ1v) is 7.28. The van der Waals surface area contributed by atoms with Gasteiger partial charge < -0.3 is 5.73 Å². The van der Waals surface area contributed by atoms with Gasteiger partial charge in [-0.05, 0) is 42.5 Å². The van der Waals surface area contributed by atoms with E-state index in [0.29, 0.717) is 6.54 Å². The molecule has 0 atom stereocenters. The van der Waals surface area contributed by atoms with Gasteiger partial charge in [-0.15, -0.1) is 0 Å². The van der Waals surface area contributed by atoms with Crippen LogP contribution >= 0.6 is 0 Å². The predicted molar refractivity (Wildman–Crippen MR) is 87.2 cm³/mol. The van der Waals surface area contributed by atoms with Gasteiger partial charge in [-0.2, -0.15) is 0 Å². The lowest BCUT2D eigenvalue weighted by atomic mass is 9.83. The summed E-state index contributed by atoms with van der Waals surface area (Å²) in [7, 11) is 0. The number of aryl methyl sites for hydroxylation is 2. The third kappa shape index (κ3) is 3.29. The molecule has 0 amide bonds. The number of nitrogens with two attached hydrogens (primary N) is 1. The molecule has 0 aromatic heterocycles. The van der Waals surface area contributed by atoms with E-state index in [9.17, 15) is 0 Å². The van der Waals surface area contributed by atoms with E-state index in [1.165, 1.54) is 27.8 Å². The summed E-state index contributed by atoms with van der Waals surface area (Å²) >= 11 is 0. The summed E-state index contributed by atoms with van der Waals surface area (Å²) < 4.78 is 0. The van der Waals surface area contributed by atoms with Crippen molar-refractivity contribution in [1.29, 1.82) is 0 Å². The van der Waals surface area contributed by atoms with Gasteiger partial charge in [0.1, 0.15) is 0 Å². The molecule has 0 bridgehead atoms. The third-order valence-electron chi connectivity index (χ3n) is 4.12. The van der Waals surface area contributed by atoms with Crippen molar-refractivity contribution in [3.8, 4) is 0 Å². The molecule has 2 N–H and O–H groups in total. The molecular formula is C19H25N. The second-order valence-electron chi connectivity index (χ2n) is 6.40. The molecule has 2 aromatic carbocycles. The lowest BCUT2D eigenvalue weighted by Gasteiger charge is -2.23. The average molecular weight is 267 g/mol. The Balaban J connectivity index is 2.31. The Bertz CT molecular complexity index is 596. The normalized spacial score (nSPS) is 11.7. The van der Waals surface area contributed by atoms with Gasteiger partial charge >= 0.3 is 0 Å². The molecule has 0 radical (unpaired) electrons. The Kier molecular flexibility index (Phi) is 4.29.